The first-order valence-electron chi connectivity index (χ1n) is 5.43. The minimum Gasteiger partial charge on any atom is -0.478 e. The molecule has 2 aromatic carbocycles. The van der Waals surface area contributed by atoms with E-state index in [1.54, 1.807) is 0 Å². The third kappa shape index (κ3) is 2.40. The lowest BCUT2D eigenvalue weighted by molar-refractivity contribution is 0.0693. The molecule has 0 aliphatic carbocycles. The maximum absolute atomic E-state index is 13.1. The highest BCUT2D eigenvalue weighted by Gasteiger charge is 2.20. The molecule has 20 heavy (non-hydrogen) atoms. The fraction of sp³-hybridized carbons (Fsp3) is 0. The summed E-state index contributed by atoms with van der Waals surface area (Å²) in [5.74, 6) is -6.96. The summed E-state index contributed by atoms with van der Waals surface area (Å²) in [6.07, 6.45) is 0. The van der Waals surface area contributed by atoms with Crippen molar-refractivity contribution in [2.75, 3.05) is 0 Å². The molecule has 2 aromatic rings. The molecule has 0 aromatic heterocycles. The van der Waals surface area contributed by atoms with Crippen molar-refractivity contribution >= 4 is 11.8 Å². The molecule has 2 rings (SSSR count). The lowest BCUT2D eigenvalue weighted by Gasteiger charge is -2.06. The Morgan fingerprint density at radius 1 is 0.900 bits per heavy atom. The van der Waals surface area contributed by atoms with E-state index in [1.165, 1.54) is 24.3 Å². The van der Waals surface area contributed by atoms with E-state index in [2.05, 4.69) is 0 Å². The van der Waals surface area contributed by atoms with Crippen LogP contribution in [-0.4, -0.2) is 16.9 Å². The molecule has 3 nitrogen and oxygen atoms in total. The van der Waals surface area contributed by atoms with Gasteiger partial charge < -0.3 is 5.11 Å². The molecule has 0 atom stereocenters. The first-order valence-corrected chi connectivity index (χ1v) is 5.43. The summed E-state index contributed by atoms with van der Waals surface area (Å²) < 4.78 is 39.0. The molecule has 0 spiro atoms. The largest absolute Gasteiger partial charge is 0.478 e. The molecule has 1 N–H and O–H groups in total. The van der Waals surface area contributed by atoms with E-state index in [9.17, 15) is 22.8 Å². The Labute approximate surface area is 111 Å². The number of carbonyl (C=O) groups excluding carboxylic acids is 1. The quantitative estimate of drug-likeness (QED) is 0.694. The number of ketones is 1. The number of hydrogen-bond acceptors (Lipinski definition) is 2. The van der Waals surface area contributed by atoms with Gasteiger partial charge in [-0.2, -0.15) is 0 Å². The molecule has 0 fully saturated rings. The van der Waals surface area contributed by atoms with Crippen LogP contribution in [0.5, 0.6) is 0 Å². The van der Waals surface area contributed by atoms with Crippen molar-refractivity contribution < 1.29 is 27.9 Å². The van der Waals surface area contributed by atoms with Gasteiger partial charge >= 0.3 is 5.97 Å². The normalized spacial score (nSPS) is 10.3. The first kappa shape index (κ1) is 13.8. The standard InChI is InChI=1S/C14H7F3O3/c15-10-5-7(6-11(16)12(10)17)13(18)8-3-1-2-4-9(8)14(19)20/h1-6H,(H,19,20). The summed E-state index contributed by atoms with van der Waals surface area (Å²) in [6.45, 7) is 0. The van der Waals surface area contributed by atoms with Gasteiger partial charge in [-0.3, -0.25) is 4.79 Å². The van der Waals surface area contributed by atoms with Gasteiger partial charge in [-0.1, -0.05) is 18.2 Å². The van der Waals surface area contributed by atoms with E-state index < -0.39 is 34.8 Å². The molecule has 0 amide bonds. The SMILES string of the molecule is O=C(O)c1ccccc1C(=O)c1cc(F)c(F)c(F)c1. The third-order valence-corrected chi connectivity index (χ3v) is 2.65. The molecule has 0 unspecified atom stereocenters. The lowest BCUT2D eigenvalue weighted by Crippen LogP contribution is -2.10. The van der Waals surface area contributed by atoms with Crippen molar-refractivity contribution in [3.8, 4) is 0 Å². The van der Waals surface area contributed by atoms with Crippen LogP contribution in [-0.2, 0) is 0 Å². The van der Waals surface area contributed by atoms with Gasteiger partial charge in [0.25, 0.3) is 0 Å². The number of benzene rings is 2. The van der Waals surface area contributed by atoms with Crippen LogP contribution >= 0.6 is 0 Å². The highest BCUT2D eigenvalue weighted by Crippen LogP contribution is 2.19. The fourth-order valence-corrected chi connectivity index (χ4v) is 1.71. The maximum atomic E-state index is 13.1. The summed E-state index contributed by atoms with van der Waals surface area (Å²) in [6, 6.07) is 6.28. The van der Waals surface area contributed by atoms with Crippen LogP contribution in [0.15, 0.2) is 36.4 Å². The third-order valence-electron chi connectivity index (χ3n) is 2.65. The van der Waals surface area contributed by atoms with Crippen LogP contribution in [0.3, 0.4) is 0 Å². The van der Waals surface area contributed by atoms with E-state index in [0.29, 0.717) is 12.1 Å². The number of rotatable bonds is 3. The molecule has 0 radical (unpaired) electrons. The Bertz CT molecular complexity index is 688. The Hall–Kier alpha value is -2.63. The average Bonchev–Trinajstić information content (AvgIpc) is 2.43. The zero-order valence-corrected chi connectivity index (χ0v) is 9.86. The molecule has 0 saturated carbocycles. The minimum absolute atomic E-state index is 0.231. The van der Waals surface area contributed by atoms with Crippen LogP contribution < -0.4 is 0 Å². The highest BCUT2D eigenvalue weighted by atomic mass is 19.2. The minimum atomic E-state index is -1.69. The van der Waals surface area contributed by atoms with E-state index in [4.69, 9.17) is 5.11 Å². The zero-order valence-electron chi connectivity index (χ0n) is 9.86. The molecule has 0 aliphatic heterocycles. The first-order chi connectivity index (χ1) is 9.41. The van der Waals surface area contributed by atoms with Gasteiger partial charge in [0.2, 0.25) is 0 Å². The second kappa shape index (κ2) is 5.16. The van der Waals surface area contributed by atoms with Crippen molar-refractivity contribution in [2.24, 2.45) is 0 Å². The average molecular weight is 280 g/mol. The summed E-state index contributed by atoms with van der Waals surface area (Å²) >= 11 is 0. The molecular formula is C14H7F3O3. The molecule has 0 saturated heterocycles. The van der Waals surface area contributed by atoms with Crippen molar-refractivity contribution in [3.63, 3.8) is 0 Å². The number of aromatic carboxylic acids is 1. The number of carboxylic acids is 1. The van der Waals surface area contributed by atoms with Gasteiger partial charge in [-0.15, -0.1) is 0 Å². The van der Waals surface area contributed by atoms with Crippen LogP contribution in [0, 0.1) is 17.5 Å². The van der Waals surface area contributed by atoms with Crippen molar-refractivity contribution in [3.05, 3.63) is 70.5 Å². The molecular weight excluding hydrogens is 273 g/mol. The van der Waals surface area contributed by atoms with Crippen molar-refractivity contribution in [2.45, 2.75) is 0 Å². The summed E-state index contributed by atoms with van der Waals surface area (Å²) in [7, 11) is 0. The summed E-state index contributed by atoms with van der Waals surface area (Å²) in [4.78, 5) is 23.1. The van der Waals surface area contributed by atoms with Crippen LogP contribution in [0.25, 0.3) is 0 Å². The highest BCUT2D eigenvalue weighted by molar-refractivity contribution is 6.14. The van der Waals surface area contributed by atoms with E-state index in [-0.39, 0.29) is 11.1 Å². The Kier molecular flexibility index (Phi) is 3.56. The summed E-state index contributed by atoms with van der Waals surface area (Å²) in [5, 5.41) is 8.95. The van der Waals surface area contributed by atoms with Gasteiger partial charge in [0, 0.05) is 11.1 Å². The summed E-state index contributed by atoms with van der Waals surface area (Å²) in [5.41, 5.74) is -0.997. The van der Waals surface area contributed by atoms with Crippen LogP contribution in [0.4, 0.5) is 13.2 Å². The van der Waals surface area contributed by atoms with Crippen molar-refractivity contribution in [1.29, 1.82) is 0 Å². The lowest BCUT2D eigenvalue weighted by atomic mass is 9.98. The monoisotopic (exact) mass is 280 g/mol. The van der Waals surface area contributed by atoms with Gasteiger partial charge in [0.15, 0.2) is 23.2 Å². The van der Waals surface area contributed by atoms with E-state index >= 15 is 0 Å². The second-order valence-electron chi connectivity index (χ2n) is 3.93. The number of hydrogen-bond donors (Lipinski definition) is 1. The van der Waals surface area contributed by atoms with Gasteiger partial charge in [0.1, 0.15) is 0 Å². The molecule has 0 bridgehead atoms. The van der Waals surface area contributed by atoms with Crippen LogP contribution in [0.1, 0.15) is 26.3 Å². The number of halogens is 3. The Morgan fingerprint density at radius 3 is 1.90 bits per heavy atom. The van der Waals surface area contributed by atoms with E-state index in [0.717, 1.165) is 0 Å². The van der Waals surface area contributed by atoms with Crippen molar-refractivity contribution in [1.82, 2.24) is 0 Å². The number of carboxylic acid groups (broad SMARTS) is 1. The predicted octanol–water partition coefficient (Wildman–Crippen LogP) is 3.03. The fourth-order valence-electron chi connectivity index (χ4n) is 1.71. The van der Waals surface area contributed by atoms with Crippen LogP contribution in [0.2, 0.25) is 0 Å². The number of carbonyl (C=O) groups is 2. The van der Waals surface area contributed by atoms with Gasteiger partial charge in [-0.25, -0.2) is 18.0 Å². The second-order valence-corrected chi connectivity index (χ2v) is 3.93. The molecule has 6 heteroatoms. The Balaban J connectivity index is 2.55. The predicted molar refractivity (Wildman–Crippen MR) is 63.1 cm³/mol. The Morgan fingerprint density at radius 2 is 1.40 bits per heavy atom. The van der Waals surface area contributed by atoms with E-state index in [1.807, 2.05) is 0 Å². The van der Waals surface area contributed by atoms with Gasteiger partial charge in [0.05, 0.1) is 5.56 Å². The zero-order chi connectivity index (χ0) is 14.9. The molecule has 102 valence electrons. The van der Waals surface area contributed by atoms with Gasteiger partial charge in [-0.05, 0) is 18.2 Å². The smallest absolute Gasteiger partial charge is 0.336 e. The maximum Gasteiger partial charge on any atom is 0.336 e. The molecule has 0 heterocycles. The molecule has 0 aliphatic rings. The topological polar surface area (TPSA) is 54.4 Å².